The molecule has 0 spiro atoms. The molecule has 1 saturated heterocycles. The van der Waals surface area contributed by atoms with Gasteiger partial charge in [-0.15, -0.1) is 0 Å². The fourth-order valence-electron chi connectivity index (χ4n) is 2.98. The van der Waals surface area contributed by atoms with Gasteiger partial charge >= 0.3 is 0 Å². The molecule has 1 amide bonds. The van der Waals surface area contributed by atoms with Crippen molar-refractivity contribution in [3.63, 3.8) is 0 Å². The first-order chi connectivity index (χ1) is 13.4. The molecular formula is C19H26N3O5S+. The summed E-state index contributed by atoms with van der Waals surface area (Å²) in [4.78, 5) is 12.5. The van der Waals surface area contributed by atoms with Gasteiger partial charge in [-0.3, -0.25) is 4.79 Å². The van der Waals surface area contributed by atoms with Gasteiger partial charge in [-0.2, -0.15) is 4.31 Å². The first-order valence-electron chi connectivity index (χ1n) is 9.23. The lowest BCUT2D eigenvalue weighted by atomic mass is 10.2. The van der Waals surface area contributed by atoms with E-state index in [1.165, 1.54) is 10.4 Å². The summed E-state index contributed by atoms with van der Waals surface area (Å²) in [7, 11) is -3.61. The summed E-state index contributed by atoms with van der Waals surface area (Å²) in [6, 6.07) is 8.48. The number of nitrogens with one attached hydrogen (secondary N) is 1. The van der Waals surface area contributed by atoms with Crippen molar-refractivity contribution in [2.24, 2.45) is 0 Å². The van der Waals surface area contributed by atoms with Gasteiger partial charge in [0.15, 0.2) is 12.3 Å². The first kappa shape index (κ1) is 20.5. The summed E-state index contributed by atoms with van der Waals surface area (Å²) in [6.07, 6.45) is 1.60. The Kier molecular flexibility index (Phi) is 6.50. The number of anilines is 1. The molecule has 1 aliphatic rings. The van der Waals surface area contributed by atoms with Crippen LogP contribution in [0.2, 0.25) is 0 Å². The van der Waals surface area contributed by atoms with Gasteiger partial charge in [-0.25, -0.2) is 8.42 Å². The highest BCUT2D eigenvalue weighted by Crippen LogP contribution is 2.23. The SMILES string of the molecule is Cc1ccc(S(=O)(=O)N2CCOCC2)cc1NC(=O)C[NH2+][C@H](C)c1ccco1. The maximum Gasteiger partial charge on any atom is 0.279 e. The quantitative estimate of drug-likeness (QED) is 0.707. The van der Waals surface area contributed by atoms with E-state index in [4.69, 9.17) is 9.15 Å². The molecule has 8 nitrogen and oxygen atoms in total. The van der Waals surface area contributed by atoms with Crippen LogP contribution >= 0.6 is 0 Å². The summed E-state index contributed by atoms with van der Waals surface area (Å²) in [5.41, 5.74) is 1.30. The Hall–Kier alpha value is -2.20. The normalized spacial score (nSPS) is 16.6. The van der Waals surface area contributed by atoms with Crippen LogP contribution in [-0.4, -0.2) is 51.5 Å². The second-order valence-electron chi connectivity index (χ2n) is 6.79. The fraction of sp³-hybridized carbons (Fsp3) is 0.421. The third kappa shape index (κ3) is 4.79. The van der Waals surface area contributed by atoms with Crippen LogP contribution in [0.5, 0.6) is 0 Å². The van der Waals surface area contributed by atoms with E-state index < -0.39 is 10.0 Å². The number of ether oxygens (including phenoxy) is 1. The predicted octanol–water partition coefficient (Wildman–Crippen LogP) is 0.872. The number of sulfonamides is 1. The topological polar surface area (TPSA) is 105 Å². The molecule has 0 unspecified atom stereocenters. The van der Waals surface area contributed by atoms with E-state index in [1.54, 1.807) is 18.4 Å². The Morgan fingerprint density at radius 2 is 2.04 bits per heavy atom. The van der Waals surface area contributed by atoms with Crippen LogP contribution in [-0.2, 0) is 19.6 Å². The number of furan rings is 1. The number of nitrogens with two attached hydrogens (primary N) is 1. The van der Waals surface area contributed by atoms with Crippen LogP contribution in [0.1, 0.15) is 24.3 Å². The number of amides is 1. The van der Waals surface area contributed by atoms with Crippen molar-refractivity contribution in [3.8, 4) is 0 Å². The van der Waals surface area contributed by atoms with Gasteiger partial charge in [-0.05, 0) is 43.7 Å². The zero-order valence-electron chi connectivity index (χ0n) is 16.1. The van der Waals surface area contributed by atoms with Crippen molar-refractivity contribution in [2.75, 3.05) is 38.2 Å². The van der Waals surface area contributed by atoms with Gasteiger partial charge in [0.05, 0.1) is 24.4 Å². The molecular weight excluding hydrogens is 382 g/mol. The zero-order valence-corrected chi connectivity index (χ0v) is 16.9. The Balaban J connectivity index is 1.66. The zero-order chi connectivity index (χ0) is 20.1. The van der Waals surface area contributed by atoms with Crippen molar-refractivity contribution in [2.45, 2.75) is 24.8 Å². The van der Waals surface area contributed by atoms with E-state index in [-0.39, 0.29) is 23.4 Å². The van der Waals surface area contributed by atoms with E-state index in [9.17, 15) is 13.2 Å². The summed E-state index contributed by atoms with van der Waals surface area (Å²) < 4.78 is 37.6. The van der Waals surface area contributed by atoms with E-state index >= 15 is 0 Å². The third-order valence-corrected chi connectivity index (χ3v) is 6.63. The molecule has 1 atom stereocenters. The van der Waals surface area contributed by atoms with Crippen molar-refractivity contribution >= 4 is 21.6 Å². The second kappa shape index (κ2) is 8.87. The lowest BCUT2D eigenvalue weighted by molar-refractivity contribution is -0.684. The summed E-state index contributed by atoms with van der Waals surface area (Å²) in [6.45, 7) is 5.41. The summed E-state index contributed by atoms with van der Waals surface area (Å²) >= 11 is 0. The standard InChI is InChI=1S/C19H25N3O5S/c1-14-5-6-16(28(24,25)22-7-10-26-11-8-22)12-17(14)21-19(23)13-20-15(2)18-4-3-9-27-18/h3-6,9,12,15,20H,7-8,10-11,13H2,1-2H3,(H,21,23)/p+1/t15-/m1/s1. The highest BCUT2D eigenvalue weighted by molar-refractivity contribution is 7.89. The maximum atomic E-state index is 12.8. The van der Waals surface area contributed by atoms with Gasteiger partial charge < -0.3 is 19.8 Å². The number of morpholine rings is 1. The number of rotatable bonds is 7. The van der Waals surface area contributed by atoms with Crippen LogP contribution in [0.25, 0.3) is 0 Å². The second-order valence-corrected chi connectivity index (χ2v) is 8.72. The summed E-state index contributed by atoms with van der Waals surface area (Å²) in [5, 5.41) is 4.68. The molecule has 9 heteroatoms. The van der Waals surface area contributed by atoms with E-state index in [1.807, 2.05) is 31.3 Å². The number of hydrogen-bond donors (Lipinski definition) is 2. The molecule has 2 aromatic rings. The largest absolute Gasteiger partial charge is 0.463 e. The summed E-state index contributed by atoms with van der Waals surface area (Å²) in [5.74, 6) is 0.588. The first-order valence-corrected chi connectivity index (χ1v) is 10.7. The Bertz CT molecular complexity index is 906. The van der Waals surface area contributed by atoms with Crippen molar-refractivity contribution in [1.29, 1.82) is 0 Å². The average Bonchev–Trinajstić information content (AvgIpc) is 3.23. The number of carbonyl (C=O) groups excluding carboxylic acids is 1. The maximum absolute atomic E-state index is 12.8. The van der Waals surface area contributed by atoms with Gasteiger partial charge in [0.1, 0.15) is 6.04 Å². The van der Waals surface area contributed by atoms with Gasteiger partial charge in [-0.1, -0.05) is 6.07 Å². The van der Waals surface area contributed by atoms with Crippen molar-refractivity contribution < 1.29 is 27.7 Å². The lowest BCUT2D eigenvalue weighted by Gasteiger charge is -2.26. The molecule has 0 bridgehead atoms. The van der Waals surface area contributed by atoms with E-state index in [2.05, 4.69) is 5.32 Å². The molecule has 1 aliphatic heterocycles. The lowest BCUT2D eigenvalue weighted by Crippen LogP contribution is -2.86. The molecule has 1 aromatic carbocycles. The van der Waals surface area contributed by atoms with Gasteiger partial charge in [0.2, 0.25) is 10.0 Å². The molecule has 0 saturated carbocycles. The number of quaternary nitrogens is 1. The van der Waals surface area contributed by atoms with Gasteiger partial charge in [0.25, 0.3) is 5.91 Å². The molecule has 0 radical (unpaired) electrons. The molecule has 1 fully saturated rings. The molecule has 3 rings (SSSR count). The number of aryl methyl sites for hydroxylation is 1. The van der Waals surface area contributed by atoms with Crippen LogP contribution in [0.4, 0.5) is 5.69 Å². The van der Waals surface area contributed by atoms with Crippen LogP contribution in [0, 0.1) is 6.92 Å². The number of hydrogen-bond acceptors (Lipinski definition) is 5. The molecule has 28 heavy (non-hydrogen) atoms. The Morgan fingerprint density at radius 1 is 1.29 bits per heavy atom. The number of carbonyl (C=O) groups is 1. The average molecular weight is 409 g/mol. The molecule has 3 N–H and O–H groups in total. The molecule has 2 heterocycles. The third-order valence-electron chi connectivity index (χ3n) is 4.74. The van der Waals surface area contributed by atoms with E-state index in [0.29, 0.717) is 32.0 Å². The van der Waals surface area contributed by atoms with Crippen LogP contribution in [0.15, 0.2) is 45.9 Å². The van der Waals surface area contributed by atoms with Crippen LogP contribution in [0.3, 0.4) is 0 Å². The predicted molar refractivity (Wildman–Crippen MR) is 103 cm³/mol. The molecule has 0 aliphatic carbocycles. The highest BCUT2D eigenvalue weighted by Gasteiger charge is 2.27. The van der Waals surface area contributed by atoms with Crippen molar-refractivity contribution in [3.05, 3.63) is 47.9 Å². The monoisotopic (exact) mass is 408 g/mol. The Labute approximate surface area is 164 Å². The minimum absolute atomic E-state index is 0.00915. The van der Waals surface area contributed by atoms with Crippen LogP contribution < -0.4 is 10.6 Å². The fourth-order valence-corrected chi connectivity index (χ4v) is 4.42. The molecule has 1 aromatic heterocycles. The minimum atomic E-state index is -3.61. The smallest absolute Gasteiger partial charge is 0.279 e. The Morgan fingerprint density at radius 3 is 2.71 bits per heavy atom. The highest BCUT2D eigenvalue weighted by atomic mass is 32.2. The number of nitrogens with zero attached hydrogens (tertiary/aromatic N) is 1. The van der Waals surface area contributed by atoms with Gasteiger partial charge in [0, 0.05) is 18.8 Å². The van der Waals surface area contributed by atoms with E-state index in [0.717, 1.165) is 11.3 Å². The molecule has 152 valence electrons. The minimum Gasteiger partial charge on any atom is -0.463 e. The number of benzene rings is 1. The van der Waals surface area contributed by atoms with Crippen molar-refractivity contribution in [1.82, 2.24) is 4.31 Å².